The van der Waals surface area contributed by atoms with Crippen molar-refractivity contribution in [3.05, 3.63) is 0 Å². The van der Waals surface area contributed by atoms with Gasteiger partial charge >= 0.3 is 0 Å². The Morgan fingerprint density at radius 2 is 1.84 bits per heavy atom. The lowest BCUT2D eigenvalue weighted by Gasteiger charge is -2.32. The van der Waals surface area contributed by atoms with E-state index in [2.05, 4.69) is 36.4 Å². The molecule has 6 nitrogen and oxygen atoms in total. The molecule has 0 aliphatic carbocycles. The Hall–Kier alpha value is -0.0900. The lowest BCUT2D eigenvalue weighted by atomic mass is 10.1. The number of aliphatic imine (C=N–C) groups is 1. The first-order valence-electron chi connectivity index (χ1n) is 9.41. The highest BCUT2D eigenvalue weighted by molar-refractivity contribution is 14.0. The Balaban J connectivity index is 0.00000576. The molecule has 0 radical (unpaired) electrons. The minimum absolute atomic E-state index is 0. The van der Waals surface area contributed by atoms with Crippen LogP contribution >= 0.6 is 24.0 Å². The van der Waals surface area contributed by atoms with Crippen molar-refractivity contribution in [2.24, 2.45) is 10.9 Å². The smallest absolute Gasteiger partial charge is 0.213 e. The molecule has 0 aromatic heterocycles. The zero-order valence-corrected chi connectivity index (χ0v) is 19.4. The second-order valence-corrected chi connectivity index (χ2v) is 9.13. The van der Waals surface area contributed by atoms with Gasteiger partial charge in [0.15, 0.2) is 5.96 Å². The van der Waals surface area contributed by atoms with Crippen molar-refractivity contribution in [2.45, 2.75) is 65.8 Å². The standard InChI is InChI=1S/C17H36N4O2S.HI/c1-5-18-17(19-12-8-7-9-15(3)4)20-16-10-13-21(14-11-16)24(22,23)6-2;/h15-16H,5-14H2,1-4H3,(H2,18,19,20);1H. The molecule has 8 heteroatoms. The van der Waals surface area contributed by atoms with E-state index in [1.165, 1.54) is 12.8 Å². The van der Waals surface area contributed by atoms with Crippen LogP contribution in [0.5, 0.6) is 0 Å². The van der Waals surface area contributed by atoms with Crippen molar-refractivity contribution in [2.75, 3.05) is 31.9 Å². The summed E-state index contributed by atoms with van der Waals surface area (Å²) in [7, 11) is -3.05. The van der Waals surface area contributed by atoms with Gasteiger partial charge in [-0.1, -0.05) is 26.7 Å². The maximum Gasteiger partial charge on any atom is 0.213 e. The first kappa shape index (κ1) is 24.9. The largest absolute Gasteiger partial charge is 0.357 e. The third kappa shape index (κ3) is 9.98. The molecule has 150 valence electrons. The molecule has 25 heavy (non-hydrogen) atoms. The van der Waals surface area contributed by atoms with E-state index >= 15 is 0 Å². The first-order valence-corrected chi connectivity index (χ1v) is 11.0. The van der Waals surface area contributed by atoms with Crippen molar-refractivity contribution >= 4 is 40.0 Å². The quantitative estimate of drug-likeness (QED) is 0.227. The summed E-state index contributed by atoms with van der Waals surface area (Å²) in [6.45, 7) is 11.1. The van der Waals surface area contributed by atoms with Gasteiger partial charge in [-0.15, -0.1) is 24.0 Å². The van der Waals surface area contributed by atoms with Gasteiger partial charge in [0.05, 0.1) is 5.75 Å². The maximum absolute atomic E-state index is 11.9. The molecule has 1 heterocycles. The van der Waals surface area contributed by atoms with Crippen molar-refractivity contribution in [3.63, 3.8) is 0 Å². The highest BCUT2D eigenvalue weighted by atomic mass is 127. The molecule has 0 atom stereocenters. The van der Waals surface area contributed by atoms with E-state index in [1.54, 1.807) is 11.2 Å². The highest BCUT2D eigenvalue weighted by Crippen LogP contribution is 2.14. The van der Waals surface area contributed by atoms with Gasteiger partial charge in [0.25, 0.3) is 0 Å². The van der Waals surface area contributed by atoms with Crippen LogP contribution in [0.2, 0.25) is 0 Å². The predicted octanol–water partition coefficient (Wildman–Crippen LogP) is 2.80. The Labute approximate surface area is 171 Å². The SMILES string of the molecule is CCNC(=NCCCCC(C)C)NC1CCN(S(=O)(=O)CC)CC1.I. The van der Waals surface area contributed by atoms with Crippen molar-refractivity contribution in [1.82, 2.24) is 14.9 Å². The Bertz CT molecular complexity index is 475. The van der Waals surface area contributed by atoms with Gasteiger partial charge in [-0.3, -0.25) is 4.99 Å². The molecule has 0 aromatic carbocycles. The molecule has 1 fully saturated rings. The van der Waals surface area contributed by atoms with Crippen LogP contribution in [0.15, 0.2) is 4.99 Å². The van der Waals surface area contributed by atoms with Crippen LogP contribution in [0.3, 0.4) is 0 Å². The van der Waals surface area contributed by atoms with Gasteiger partial charge in [0.2, 0.25) is 10.0 Å². The third-order valence-corrected chi connectivity index (χ3v) is 6.24. The van der Waals surface area contributed by atoms with E-state index < -0.39 is 10.0 Å². The summed E-state index contributed by atoms with van der Waals surface area (Å²) < 4.78 is 25.4. The number of hydrogen-bond donors (Lipinski definition) is 2. The Morgan fingerprint density at radius 3 is 2.36 bits per heavy atom. The van der Waals surface area contributed by atoms with Gasteiger partial charge in [0, 0.05) is 32.2 Å². The van der Waals surface area contributed by atoms with Crippen LogP contribution in [0.4, 0.5) is 0 Å². The van der Waals surface area contributed by atoms with E-state index in [1.807, 2.05) is 0 Å². The van der Waals surface area contributed by atoms with Crippen LogP contribution in [-0.2, 0) is 10.0 Å². The van der Waals surface area contributed by atoms with Crippen LogP contribution in [0.1, 0.15) is 59.8 Å². The molecule has 0 unspecified atom stereocenters. The highest BCUT2D eigenvalue weighted by Gasteiger charge is 2.26. The Morgan fingerprint density at radius 1 is 1.20 bits per heavy atom. The summed E-state index contributed by atoms with van der Waals surface area (Å²) in [5.74, 6) is 1.80. The zero-order valence-electron chi connectivity index (χ0n) is 16.3. The van der Waals surface area contributed by atoms with Crippen molar-refractivity contribution < 1.29 is 8.42 Å². The van der Waals surface area contributed by atoms with Gasteiger partial charge in [-0.25, -0.2) is 12.7 Å². The number of nitrogens with zero attached hydrogens (tertiary/aromatic N) is 2. The summed E-state index contributed by atoms with van der Waals surface area (Å²) in [6, 6.07) is 0.293. The zero-order chi connectivity index (χ0) is 18.0. The van der Waals surface area contributed by atoms with Gasteiger partial charge in [0.1, 0.15) is 0 Å². The molecule has 1 saturated heterocycles. The molecule has 1 aliphatic rings. The fourth-order valence-electron chi connectivity index (χ4n) is 2.83. The second kappa shape index (κ2) is 13.1. The average molecular weight is 488 g/mol. The molecular formula is C17H37IN4O2S. The average Bonchev–Trinajstić information content (AvgIpc) is 2.55. The van der Waals surface area contributed by atoms with Crippen molar-refractivity contribution in [1.29, 1.82) is 0 Å². The van der Waals surface area contributed by atoms with E-state index in [0.29, 0.717) is 19.1 Å². The van der Waals surface area contributed by atoms with Gasteiger partial charge < -0.3 is 10.6 Å². The third-order valence-electron chi connectivity index (χ3n) is 4.36. The van der Waals surface area contributed by atoms with Crippen LogP contribution in [-0.4, -0.2) is 56.7 Å². The molecule has 1 aliphatic heterocycles. The summed E-state index contributed by atoms with van der Waals surface area (Å²) in [6.07, 6.45) is 5.24. The van der Waals surface area contributed by atoms with Gasteiger partial charge in [-0.2, -0.15) is 0 Å². The number of sulfonamides is 1. The number of guanidine groups is 1. The minimum atomic E-state index is -3.05. The molecule has 0 spiro atoms. The summed E-state index contributed by atoms with van der Waals surface area (Å²) >= 11 is 0. The topological polar surface area (TPSA) is 73.8 Å². The molecule has 0 saturated carbocycles. The van der Waals surface area contributed by atoms with E-state index in [9.17, 15) is 8.42 Å². The molecule has 0 aromatic rings. The van der Waals surface area contributed by atoms with Crippen LogP contribution in [0, 0.1) is 5.92 Å². The number of hydrogen-bond acceptors (Lipinski definition) is 3. The van der Waals surface area contributed by atoms with Crippen LogP contribution < -0.4 is 10.6 Å². The van der Waals surface area contributed by atoms with Crippen molar-refractivity contribution in [3.8, 4) is 0 Å². The van der Waals surface area contributed by atoms with E-state index in [4.69, 9.17) is 0 Å². The number of nitrogens with one attached hydrogen (secondary N) is 2. The molecule has 0 bridgehead atoms. The normalized spacial score (nSPS) is 17.4. The number of piperidine rings is 1. The summed E-state index contributed by atoms with van der Waals surface area (Å²) in [5, 5.41) is 6.75. The molecule has 2 N–H and O–H groups in total. The fourth-order valence-corrected chi connectivity index (χ4v) is 3.96. The Kier molecular flexibility index (Phi) is 13.1. The maximum atomic E-state index is 11.9. The molecule has 0 amide bonds. The number of unbranched alkanes of at least 4 members (excludes halogenated alkanes) is 1. The molecular weight excluding hydrogens is 451 g/mol. The predicted molar refractivity (Wildman–Crippen MR) is 117 cm³/mol. The summed E-state index contributed by atoms with van der Waals surface area (Å²) in [4.78, 5) is 4.65. The first-order chi connectivity index (χ1) is 11.4. The second-order valence-electron chi connectivity index (χ2n) is 6.87. The van der Waals surface area contributed by atoms with Crippen LogP contribution in [0.25, 0.3) is 0 Å². The lowest BCUT2D eigenvalue weighted by molar-refractivity contribution is 0.306. The van der Waals surface area contributed by atoms with E-state index in [-0.39, 0.29) is 29.7 Å². The molecule has 1 rings (SSSR count). The monoisotopic (exact) mass is 488 g/mol. The summed E-state index contributed by atoms with van der Waals surface area (Å²) in [5.41, 5.74) is 0. The minimum Gasteiger partial charge on any atom is -0.357 e. The number of rotatable bonds is 9. The van der Waals surface area contributed by atoms with E-state index in [0.717, 1.165) is 44.2 Å². The lowest BCUT2D eigenvalue weighted by Crippen LogP contribution is -2.50. The fraction of sp³-hybridized carbons (Fsp3) is 0.941. The number of halogens is 1. The van der Waals surface area contributed by atoms with Gasteiger partial charge in [-0.05, 0) is 39.0 Å².